The van der Waals surface area contributed by atoms with Crippen molar-refractivity contribution in [2.24, 2.45) is 11.8 Å². The Hall–Kier alpha value is -0.120. The summed E-state index contributed by atoms with van der Waals surface area (Å²) in [6, 6.07) is 0.566. The second kappa shape index (κ2) is 5.99. The fourth-order valence-electron chi connectivity index (χ4n) is 2.36. The molecule has 2 rings (SSSR count). The molecule has 1 atom stereocenters. The zero-order valence-electron chi connectivity index (χ0n) is 10.7. The summed E-state index contributed by atoms with van der Waals surface area (Å²) in [4.78, 5) is 2.68. The van der Waals surface area contributed by atoms with E-state index in [0.29, 0.717) is 6.04 Å². The quantitative estimate of drug-likeness (QED) is 0.642. The van der Waals surface area contributed by atoms with E-state index in [1.807, 2.05) is 14.2 Å². The molecule has 0 aromatic rings. The second-order valence-electron chi connectivity index (χ2n) is 5.51. The highest BCUT2D eigenvalue weighted by Gasteiger charge is 2.32. The smallest absolute Gasteiger partial charge is 0.0630 e. The van der Waals surface area contributed by atoms with E-state index in [4.69, 9.17) is 4.74 Å². The number of rotatable bonds is 9. The molecule has 94 valence electrons. The van der Waals surface area contributed by atoms with Crippen LogP contribution in [0.3, 0.4) is 0 Å². The molecular weight excluding hydrogens is 200 g/mol. The highest BCUT2D eigenvalue weighted by atomic mass is 16.5. The van der Waals surface area contributed by atoms with Crippen molar-refractivity contribution in [2.45, 2.75) is 31.7 Å². The number of hydrogen-bond donors (Lipinski definition) is 1. The van der Waals surface area contributed by atoms with Crippen LogP contribution < -0.4 is 5.32 Å². The molecule has 0 aliphatic heterocycles. The summed E-state index contributed by atoms with van der Waals surface area (Å²) in [6.07, 6.45) is 5.78. The van der Waals surface area contributed by atoms with Crippen molar-refractivity contribution in [1.29, 1.82) is 0 Å². The van der Waals surface area contributed by atoms with E-state index in [9.17, 15) is 0 Å². The number of ether oxygens (including phenoxy) is 1. The van der Waals surface area contributed by atoms with Crippen LogP contribution in [0.25, 0.3) is 0 Å². The van der Waals surface area contributed by atoms with Crippen LogP contribution in [0.15, 0.2) is 0 Å². The zero-order valence-corrected chi connectivity index (χ0v) is 10.7. The highest BCUT2D eigenvalue weighted by molar-refractivity contribution is 4.86. The summed E-state index contributed by atoms with van der Waals surface area (Å²) in [5.74, 6) is 1.96. The summed E-state index contributed by atoms with van der Waals surface area (Å²) >= 11 is 0. The van der Waals surface area contributed by atoms with Gasteiger partial charge in [0.15, 0.2) is 0 Å². The lowest BCUT2D eigenvalue weighted by Crippen LogP contribution is -2.46. The van der Waals surface area contributed by atoms with E-state index in [-0.39, 0.29) is 0 Å². The Morgan fingerprint density at radius 3 is 2.12 bits per heavy atom. The average molecular weight is 226 g/mol. The molecule has 0 aromatic carbocycles. The Kier molecular flexibility index (Phi) is 4.62. The maximum absolute atomic E-state index is 5.36. The molecule has 3 heteroatoms. The minimum Gasteiger partial charge on any atom is -0.383 e. The Labute approximate surface area is 99.5 Å². The SMILES string of the molecule is CNCC(COC)N(CC1CC1)CC1CC1. The van der Waals surface area contributed by atoms with Crippen LogP contribution in [0, 0.1) is 11.8 Å². The standard InChI is InChI=1S/C13H26N2O/c1-14-7-13(10-16-2)15(8-11-3-4-11)9-12-5-6-12/h11-14H,3-10H2,1-2H3. The van der Waals surface area contributed by atoms with Gasteiger partial charge in [-0.3, -0.25) is 4.90 Å². The number of nitrogens with zero attached hydrogens (tertiary/aromatic N) is 1. The van der Waals surface area contributed by atoms with Crippen molar-refractivity contribution < 1.29 is 4.74 Å². The van der Waals surface area contributed by atoms with E-state index >= 15 is 0 Å². The molecule has 0 heterocycles. The summed E-state index contributed by atoms with van der Waals surface area (Å²) in [5, 5.41) is 3.30. The summed E-state index contributed by atoms with van der Waals surface area (Å²) < 4.78 is 5.36. The third-order valence-electron chi connectivity index (χ3n) is 3.69. The maximum atomic E-state index is 5.36. The third-order valence-corrected chi connectivity index (χ3v) is 3.69. The van der Waals surface area contributed by atoms with E-state index in [1.54, 1.807) is 0 Å². The molecule has 16 heavy (non-hydrogen) atoms. The molecule has 1 N–H and O–H groups in total. The molecule has 0 aromatic heterocycles. The predicted molar refractivity (Wildman–Crippen MR) is 66.6 cm³/mol. The number of methoxy groups -OCH3 is 1. The minimum atomic E-state index is 0.566. The minimum absolute atomic E-state index is 0.566. The normalized spacial score (nSPS) is 22.7. The molecule has 2 aliphatic rings. The summed E-state index contributed by atoms with van der Waals surface area (Å²) in [7, 11) is 3.85. The van der Waals surface area contributed by atoms with Crippen molar-refractivity contribution in [3.8, 4) is 0 Å². The van der Waals surface area contributed by atoms with Crippen molar-refractivity contribution in [3.05, 3.63) is 0 Å². The van der Waals surface area contributed by atoms with Gasteiger partial charge in [-0.1, -0.05) is 0 Å². The lowest BCUT2D eigenvalue weighted by atomic mass is 10.2. The van der Waals surface area contributed by atoms with Crippen LogP contribution in [0.5, 0.6) is 0 Å². The van der Waals surface area contributed by atoms with Gasteiger partial charge in [0.1, 0.15) is 0 Å². The van der Waals surface area contributed by atoms with Gasteiger partial charge in [-0.05, 0) is 44.6 Å². The molecule has 2 saturated carbocycles. The van der Waals surface area contributed by atoms with Gasteiger partial charge in [-0.2, -0.15) is 0 Å². The summed E-state index contributed by atoms with van der Waals surface area (Å²) in [5.41, 5.74) is 0. The first-order valence-corrected chi connectivity index (χ1v) is 6.71. The van der Waals surface area contributed by atoms with Crippen LogP contribution in [-0.2, 0) is 4.74 Å². The van der Waals surface area contributed by atoms with Crippen molar-refractivity contribution >= 4 is 0 Å². The molecule has 0 radical (unpaired) electrons. The lowest BCUT2D eigenvalue weighted by molar-refractivity contribution is 0.0837. The Balaban J connectivity index is 1.83. The van der Waals surface area contributed by atoms with Crippen LogP contribution in [0.2, 0.25) is 0 Å². The molecular formula is C13H26N2O. The fraction of sp³-hybridized carbons (Fsp3) is 1.00. The molecule has 3 nitrogen and oxygen atoms in total. The fourth-order valence-corrected chi connectivity index (χ4v) is 2.36. The van der Waals surface area contributed by atoms with Crippen molar-refractivity contribution in [1.82, 2.24) is 10.2 Å². The van der Waals surface area contributed by atoms with E-state index in [2.05, 4.69) is 10.2 Å². The third kappa shape index (κ3) is 4.04. The second-order valence-corrected chi connectivity index (χ2v) is 5.51. The van der Waals surface area contributed by atoms with Gasteiger partial charge in [0.25, 0.3) is 0 Å². The number of hydrogen-bond acceptors (Lipinski definition) is 3. The Morgan fingerprint density at radius 2 is 1.75 bits per heavy atom. The topological polar surface area (TPSA) is 24.5 Å². The zero-order chi connectivity index (χ0) is 11.4. The molecule has 2 aliphatic carbocycles. The maximum Gasteiger partial charge on any atom is 0.0630 e. The Morgan fingerprint density at radius 1 is 1.19 bits per heavy atom. The van der Waals surface area contributed by atoms with Gasteiger partial charge in [0.05, 0.1) is 6.61 Å². The summed E-state index contributed by atoms with van der Waals surface area (Å²) in [6.45, 7) is 4.51. The van der Waals surface area contributed by atoms with Gasteiger partial charge in [-0.25, -0.2) is 0 Å². The van der Waals surface area contributed by atoms with Gasteiger partial charge >= 0.3 is 0 Å². The molecule has 2 fully saturated rings. The average Bonchev–Trinajstić information content (AvgIpc) is 3.10. The van der Waals surface area contributed by atoms with Crippen molar-refractivity contribution in [2.75, 3.05) is 40.4 Å². The number of nitrogens with one attached hydrogen (secondary N) is 1. The first-order chi connectivity index (χ1) is 7.83. The van der Waals surface area contributed by atoms with Crippen LogP contribution >= 0.6 is 0 Å². The van der Waals surface area contributed by atoms with Crippen LogP contribution in [0.1, 0.15) is 25.7 Å². The van der Waals surface area contributed by atoms with Gasteiger partial charge in [0, 0.05) is 32.8 Å². The van der Waals surface area contributed by atoms with E-state index in [1.165, 1.54) is 38.8 Å². The van der Waals surface area contributed by atoms with Gasteiger partial charge in [0.2, 0.25) is 0 Å². The first-order valence-electron chi connectivity index (χ1n) is 6.71. The lowest BCUT2D eigenvalue weighted by Gasteiger charge is -2.31. The Bertz CT molecular complexity index is 182. The van der Waals surface area contributed by atoms with E-state index in [0.717, 1.165) is 25.0 Å². The number of likely N-dealkylation sites (N-methyl/N-ethyl adjacent to an activating group) is 1. The van der Waals surface area contributed by atoms with E-state index < -0.39 is 0 Å². The predicted octanol–water partition coefficient (Wildman–Crippen LogP) is 1.34. The molecule has 0 saturated heterocycles. The molecule has 0 spiro atoms. The molecule has 1 unspecified atom stereocenters. The van der Waals surface area contributed by atoms with Crippen LogP contribution in [0.4, 0.5) is 0 Å². The van der Waals surface area contributed by atoms with Crippen LogP contribution in [-0.4, -0.2) is 51.3 Å². The molecule has 0 amide bonds. The first kappa shape index (κ1) is 12.3. The van der Waals surface area contributed by atoms with Gasteiger partial charge in [-0.15, -0.1) is 0 Å². The monoisotopic (exact) mass is 226 g/mol. The van der Waals surface area contributed by atoms with Crippen molar-refractivity contribution in [3.63, 3.8) is 0 Å². The molecule has 0 bridgehead atoms. The largest absolute Gasteiger partial charge is 0.383 e. The van der Waals surface area contributed by atoms with Gasteiger partial charge < -0.3 is 10.1 Å². The highest BCUT2D eigenvalue weighted by Crippen LogP contribution is 2.34.